The fraction of sp³-hybridized carbons (Fsp3) is 0.412. The Labute approximate surface area is 144 Å². The smallest absolute Gasteiger partial charge is 0.291 e. The Kier molecular flexibility index (Phi) is 4.99. The maximum absolute atomic E-state index is 12.9. The fourth-order valence-electron chi connectivity index (χ4n) is 2.60. The molecule has 1 aliphatic heterocycles. The van der Waals surface area contributed by atoms with Crippen LogP contribution in [0.3, 0.4) is 0 Å². The predicted octanol–water partition coefficient (Wildman–Crippen LogP) is 3.04. The zero-order chi connectivity index (χ0) is 17.1. The number of nitrogens with zero attached hydrogens (tertiary/aromatic N) is 1. The minimum Gasteiger partial charge on any atom is -0.472 e. The van der Waals surface area contributed by atoms with Gasteiger partial charge in [0.25, 0.3) is 5.91 Å². The van der Waals surface area contributed by atoms with Crippen LogP contribution in [0, 0.1) is 0 Å². The van der Waals surface area contributed by atoms with Crippen LogP contribution >= 0.6 is 11.8 Å². The number of rotatable bonds is 5. The minimum atomic E-state index is -0.540. The lowest BCUT2D eigenvalue weighted by molar-refractivity contribution is -0.125. The molecule has 3 unspecified atom stereocenters. The zero-order valence-electron chi connectivity index (χ0n) is 13.6. The average Bonchev–Trinajstić information content (AvgIpc) is 3.34. The van der Waals surface area contributed by atoms with Crippen LogP contribution in [-0.2, 0) is 4.79 Å². The summed E-state index contributed by atoms with van der Waals surface area (Å²) in [6.07, 6.45) is 5.47. The van der Waals surface area contributed by atoms with Crippen molar-refractivity contribution in [1.29, 1.82) is 0 Å². The van der Waals surface area contributed by atoms with Crippen molar-refractivity contribution in [2.75, 3.05) is 5.75 Å². The minimum absolute atomic E-state index is 0.0658. The van der Waals surface area contributed by atoms with E-state index in [9.17, 15) is 9.59 Å². The summed E-state index contributed by atoms with van der Waals surface area (Å²) in [7, 11) is 0. The normalized spacial score (nSPS) is 21.7. The van der Waals surface area contributed by atoms with Gasteiger partial charge < -0.3 is 19.1 Å². The summed E-state index contributed by atoms with van der Waals surface area (Å²) < 4.78 is 10.4. The first kappa shape index (κ1) is 16.7. The Bertz CT molecular complexity index is 684. The molecule has 1 fully saturated rings. The van der Waals surface area contributed by atoms with Crippen LogP contribution in [0.4, 0.5) is 0 Å². The topological polar surface area (TPSA) is 75.7 Å². The van der Waals surface area contributed by atoms with Crippen molar-refractivity contribution in [2.45, 2.75) is 37.7 Å². The van der Waals surface area contributed by atoms with Crippen LogP contribution in [0.15, 0.2) is 45.8 Å². The molecule has 3 atom stereocenters. The molecular weight excluding hydrogens is 328 g/mol. The molecule has 3 rings (SSSR count). The lowest BCUT2D eigenvalue weighted by atomic mass is 10.1. The van der Waals surface area contributed by atoms with Crippen molar-refractivity contribution in [1.82, 2.24) is 10.2 Å². The first-order valence-electron chi connectivity index (χ1n) is 7.92. The molecule has 1 N–H and O–H groups in total. The molecule has 7 heteroatoms. The van der Waals surface area contributed by atoms with Crippen LogP contribution in [0.1, 0.15) is 41.8 Å². The molecule has 2 amide bonds. The van der Waals surface area contributed by atoms with Crippen LogP contribution in [0.5, 0.6) is 0 Å². The lowest BCUT2D eigenvalue weighted by Crippen LogP contribution is -2.49. The second kappa shape index (κ2) is 7.17. The molecule has 128 valence electrons. The van der Waals surface area contributed by atoms with E-state index in [0.29, 0.717) is 5.75 Å². The van der Waals surface area contributed by atoms with Gasteiger partial charge >= 0.3 is 0 Å². The summed E-state index contributed by atoms with van der Waals surface area (Å²) in [6, 6.07) is 4.62. The Morgan fingerprint density at radius 1 is 1.42 bits per heavy atom. The summed E-state index contributed by atoms with van der Waals surface area (Å²) in [5.74, 6) is 0.334. The molecule has 1 saturated heterocycles. The third-order valence-corrected chi connectivity index (χ3v) is 5.42. The first-order chi connectivity index (χ1) is 11.6. The van der Waals surface area contributed by atoms with Gasteiger partial charge in [-0.3, -0.25) is 9.59 Å². The van der Waals surface area contributed by atoms with Crippen LogP contribution in [0.25, 0.3) is 0 Å². The van der Waals surface area contributed by atoms with Crippen molar-refractivity contribution in [3.8, 4) is 0 Å². The van der Waals surface area contributed by atoms with Gasteiger partial charge in [0.2, 0.25) is 5.91 Å². The van der Waals surface area contributed by atoms with E-state index in [-0.39, 0.29) is 29.0 Å². The van der Waals surface area contributed by atoms with E-state index in [1.165, 1.54) is 6.26 Å². The van der Waals surface area contributed by atoms with Gasteiger partial charge in [0.05, 0.1) is 18.8 Å². The quantitative estimate of drug-likeness (QED) is 0.899. The number of amides is 2. The Balaban J connectivity index is 1.88. The van der Waals surface area contributed by atoms with Crippen molar-refractivity contribution in [3.05, 3.63) is 48.3 Å². The number of furan rings is 2. The third kappa shape index (κ3) is 3.21. The van der Waals surface area contributed by atoms with Crippen molar-refractivity contribution < 1.29 is 18.4 Å². The molecule has 0 bridgehead atoms. The number of nitrogens with one attached hydrogen (secondary N) is 1. The Hall–Kier alpha value is -2.15. The Morgan fingerprint density at radius 3 is 2.88 bits per heavy atom. The van der Waals surface area contributed by atoms with Crippen LogP contribution < -0.4 is 5.32 Å². The summed E-state index contributed by atoms with van der Waals surface area (Å²) in [5, 5.41) is 2.70. The van der Waals surface area contributed by atoms with Gasteiger partial charge in [-0.05, 0) is 31.5 Å². The molecule has 0 aliphatic carbocycles. The van der Waals surface area contributed by atoms with E-state index in [0.717, 1.165) is 12.0 Å². The van der Waals surface area contributed by atoms with Gasteiger partial charge in [-0.15, -0.1) is 11.8 Å². The lowest BCUT2D eigenvalue weighted by Gasteiger charge is -2.28. The van der Waals surface area contributed by atoms with Crippen molar-refractivity contribution in [3.63, 3.8) is 0 Å². The summed E-state index contributed by atoms with van der Waals surface area (Å²) in [4.78, 5) is 27.1. The number of carbonyl (C=O) groups excluding carboxylic acids is 2. The average molecular weight is 348 g/mol. The van der Waals surface area contributed by atoms with Crippen molar-refractivity contribution >= 4 is 23.6 Å². The first-order valence-corrected chi connectivity index (χ1v) is 8.97. The van der Waals surface area contributed by atoms with E-state index in [4.69, 9.17) is 8.83 Å². The monoisotopic (exact) mass is 348 g/mol. The molecule has 6 nitrogen and oxygen atoms in total. The molecule has 0 aromatic carbocycles. The van der Waals surface area contributed by atoms with E-state index in [1.54, 1.807) is 41.3 Å². The molecule has 0 spiro atoms. The Morgan fingerprint density at radius 2 is 2.25 bits per heavy atom. The largest absolute Gasteiger partial charge is 0.472 e. The highest BCUT2D eigenvalue weighted by Gasteiger charge is 2.43. The molecule has 3 heterocycles. The number of thioether (sulfide) groups is 1. The fourth-order valence-corrected chi connectivity index (χ4v) is 4.00. The SMILES string of the molecule is CCC(C)NC(=O)C1CSC(c2ccoc2)N1C(=O)c1ccco1. The summed E-state index contributed by atoms with van der Waals surface area (Å²) in [5.41, 5.74) is 0.860. The number of carbonyl (C=O) groups is 2. The van der Waals surface area contributed by atoms with Crippen LogP contribution in [-0.4, -0.2) is 34.6 Å². The van der Waals surface area contributed by atoms with E-state index in [1.807, 2.05) is 19.9 Å². The van der Waals surface area contributed by atoms with Gasteiger partial charge in [-0.25, -0.2) is 0 Å². The zero-order valence-corrected chi connectivity index (χ0v) is 14.4. The second-order valence-corrected chi connectivity index (χ2v) is 6.88. The highest BCUT2D eigenvalue weighted by Crippen LogP contribution is 2.42. The van der Waals surface area contributed by atoms with Crippen molar-refractivity contribution in [2.24, 2.45) is 0 Å². The highest BCUT2D eigenvalue weighted by atomic mass is 32.2. The predicted molar refractivity (Wildman–Crippen MR) is 90.5 cm³/mol. The maximum atomic E-state index is 12.9. The van der Waals surface area contributed by atoms with E-state index >= 15 is 0 Å². The molecule has 2 aromatic heterocycles. The second-order valence-electron chi connectivity index (χ2n) is 5.77. The van der Waals surface area contributed by atoms with Gasteiger partial charge in [-0.1, -0.05) is 6.92 Å². The molecule has 24 heavy (non-hydrogen) atoms. The maximum Gasteiger partial charge on any atom is 0.291 e. The van der Waals surface area contributed by atoms with Gasteiger partial charge in [0.15, 0.2) is 5.76 Å². The van der Waals surface area contributed by atoms with Gasteiger partial charge in [0, 0.05) is 17.4 Å². The number of hydrogen-bond acceptors (Lipinski definition) is 5. The molecule has 1 aliphatic rings. The molecule has 2 aromatic rings. The van der Waals surface area contributed by atoms with E-state index in [2.05, 4.69) is 5.32 Å². The molecule has 0 radical (unpaired) electrons. The standard InChI is InChI=1S/C17H20N2O4S/c1-3-11(2)18-15(20)13-10-24-17(12-6-8-22-9-12)19(13)16(21)14-5-4-7-23-14/h4-9,11,13,17H,3,10H2,1-2H3,(H,18,20). The highest BCUT2D eigenvalue weighted by molar-refractivity contribution is 7.99. The molecular formula is C17H20N2O4S. The van der Waals surface area contributed by atoms with Gasteiger partial charge in [0.1, 0.15) is 11.4 Å². The van der Waals surface area contributed by atoms with Crippen LogP contribution in [0.2, 0.25) is 0 Å². The molecule has 0 saturated carbocycles. The van der Waals surface area contributed by atoms with E-state index < -0.39 is 6.04 Å². The van der Waals surface area contributed by atoms with Gasteiger partial charge in [-0.2, -0.15) is 0 Å². The summed E-state index contributed by atoms with van der Waals surface area (Å²) in [6.45, 7) is 3.96. The number of hydrogen-bond donors (Lipinski definition) is 1. The third-order valence-electron chi connectivity index (χ3n) is 4.10. The summed E-state index contributed by atoms with van der Waals surface area (Å²) >= 11 is 1.55.